The van der Waals surface area contributed by atoms with E-state index in [1.807, 2.05) is 18.2 Å². The SMILES string of the molecule is CN(C)C(=O)CCc1[nH]nc2cc(OCCNCC(O)c3cccc(NS(=O)(=O)C4CC4)c3)ccc12. The van der Waals surface area contributed by atoms with Crippen molar-refractivity contribution < 1.29 is 23.1 Å². The van der Waals surface area contributed by atoms with E-state index in [9.17, 15) is 18.3 Å². The molecule has 10 nitrogen and oxygen atoms in total. The van der Waals surface area contributed by atoms with Crippen LogP contribution in [0.4, 0.5) is 5.69 Å². The minimum Gasteiger partial charge on any atom is -0.492 e. The fraction of sp³-hybridized carbons (Fsp3) is 0.440. The van der Waals surface area contributed by atoms with Crippen molar-refractivity contribution in [2.75, 3.05) is 38.5 Å². The van der Waals surface area contributed by atoms with Crippen LogP contribution in [-0.4, -0.2) is 73.6 Å². The zero-order chi connectivity index (χ0) is 25.7. The molecule has 1 aromatic heterocycles. The number of nitrogens with zero attached hydrogens (tertiary/aromatic N) is 2. The maximum atomic E-state index is 12.1. The molecule has 194 valence electrons. The van der Waals surface area contributed by atoms with Gasteiger partial charge in [0.15, 0.2) is 0 Å². The topological polar surface area (TPSA) is 137 Å². The molecule has 0 radical (unpaired) electrons. The summed E-state index contributed by atoms with van der Waals surface area (Å²) >= 11 is 0. The highest BCUT2D eigenvalue weighted by Crippen LogP contribution is 2.30. The lowest BCUT2D eigenvalue weighted by Crippen LogP contribution is -2.26. The van der Waals surface area contributed by atoms with Crippen LogP contribution >= 0.6 is 0 Å². The molecule has 1 aliphatic carbocycles. The number of aryl methyl sites for hydroxylation is 1. The molecule has 4 N–H and O–H groups in total. The van der Waals surface area contributed by atoms with Crippen molar-refractivity contribution in [1.82, 2.24) is 20.4 Å². The highest BCUT2D eigenvalue weighted by Gasteiger charge is 2.35. The zero-order valence-corrected chi connectivity index (χ0v) is 21.3. The number of nitrogens with one attached hydrogen (secondary N) is 3. The van der Waals surface area contributed by atoms with Crippen LogP contribution < -0.4 is 14.8 Å². The van der Waals surface area contributed by atoms with E-state index in [-0.39, 0.29) is 11.2 Å². The average Bonchev–Trinajstić information content (AvgIpc) is 3.64. The monoisotopic (exact) mass is 515 g/mol. The summed E-state index contributed by atoms with van der Waals surface area (Å²) in [5, 5.41) is 21.7. The molecule has 1 aliphatic rings. The van der Waals surface area contributed by atoms with Gasteiger partial charge in [-0.2, -0.15) is 5.10 Å². The molecule has 2 aromatic carbocycles. The number of H-pyrrole nitrogens is 1. The number of fused-ring (bicyclic) bond motifs is 1. The van der Waals surface area contributed by atoms with Gasteiger partial charge in [-0.3, -0.25) is 14.6 Å². The third-order valence-corrected chi connectivity index (χ3v) is 7.94. The normalized spacial score (nSPS) is 14.5. The van der Waals surface area contributed by atoms with Gasteiger partial charge < -0.3 is 20.1 Å². The quantitative estimate of drug-likeness (QED) is 0.256. The summed E-state index contributed by atoms with van der Waals surface area (Å²) in [5.41, 5.74) is 2.79. The number of sulfonamides is 1. The lowest BCUT2D eigenvalue weighted by molar-refractivity contribution is -0.128. The van der Waals surface area contributed by atoms with E-state index in [0.717, 1.165) is 16.6 Å². The molecule has 11 heteroatoms. The second-order valence-electron chi connectivity index (χ2n) is 9.21. The van der Waals surface area contributed by atoms with Crippen molar-refractivity contribution in [1.29, 1.82) is 0 Å². The molecule has 1 saturated carbocycles. The van der Waals surface area contributed by atoms with E-state index in [1.54, 1.807) is 43.3 Å². The van der Waals surface area contributed by atoms with E-state index in [2.05, 4.69) is 20.2 Å². The maximum Gasteiger partial charge on any atom is 0.235 e. The predicted molar refractivity (Wildman–Crippen MR) is 138 cm³/mol. The van der Waals surface area contributed by atoms with Crippen LogP contribution in [0, 0.1) is 0 Å². The third-order valence-electron chi connectivity index (χ3n) is 6.07. The fourth-order valence-electron chi connectivity index (χ4n) is 3.82. The van der Waals surface area contributed by atoms with Crippen molar-refractivity contribution >= 4 is 32.5 Å². The predicted octanol–water partition coefficient (Wildman–Crippen LogP) is 2.19. The molecule has 0 spiro atoms. The Hall–Kier alpha value is -3.15. The van der Waals surface area contributed by atoms with Gasteiger partial charge in [0.2, 0.25) is 15.9 Å². The number of hydrogen-bond acceptors (Lipinski definition) is 7. The number of aliphatic hydroxyl groups is 1. The molecule has 3 aromatic rings. The van der Waals surface area contributed by atoms with Gasteiger partial charge in [-0.15, -0.1) is 0 Å². The van der Waals surface area contributed by atoms with Crippen LogP contribution in [-0.2, 0) is 21.2 Å². The number of carbonyl (C=O) groups is 1. The summed E-state index contributed by atoms with van der Waals surface area (Å²) in [7, 11) is 0.145. The third kappa shape index (κ3) is 6.74. The first-order chi connectivity index (χ1) is 17.2. The minimum absolute atomic E-state index is 0.0706. The Morgan fingerprint density at radius 2 is 2.06 bits per heavy atom. The molecule has 0 saturated heterocycles. The van der Waals surface area contributed by atoms with Gasteiger partial charge in [-0.05, 0) is 49.1 Å². The molecule has 36 heavy (non-hydrogen) atoms. The first-order valence-corrected chi connectivity index (χ1v) is 13.6. The number of aromatic nitrogens is 2. The first-order valence-electron chi connectivity index (χ1n) is 12.0. The van der Waals surface area contributed by atoms with Crippen molar-refractivity contribution in [3.05, 3.63) is 53.7 Å². The molecular formula is C25H33N5O5S. The van der Waals surface area contributed by atoms with Gasteiger partial charge >= 0.3 is 0 Å². The largest absolute Gasteiger partial charge is 0.492 e. The molecule has 1 heterocycles. The number of rotatable bonds is 13. The van der Waals surface area contributed by atoms with E-state index in [1.165, 1.54) is 0 Å². The van der Waals surface area contributed by atoms with E-state index >= 15 is 0 Å². The van der Waals surface area contributed by atoms with Crippen LogP contribution in [0.3, 0.4) is 0 Å². The molecule has 1 unspecified atom stereocenters. The van der Waals surface area contributed by atoms with Crippen molar-refractivity contribution in [3.8, 4) is 5.75 Å². The van der Waals surface area contributed by atoms with Gasteiger partial charge in [0.05, 0.1) is 16.9 Å². The van der Waals surface area contributed by atoms with Gasteiger partial charge in [0, 0.05) is 56.4 Å². The van der Waals surface area contributed by atoms with Gasteiger partial charge in [0.1, 0.15) is 12.4 Å². The number of ether oxygens (including phenoxy) is 1. The second kappa shape index (κ2) is 11.3. The summed E-state index contributed by atoms with van der Waals surface area (Å²) in [4.78, 5) is 13.4. The maximum absolute atomic E-state index is 12.1. The number of carbonyl (C=O) groups excluding carboxylic acids is 1. The molecule has 1 atom stereocenters. The van der Waals surface area contributed by atoms with Crippen LogP contribution in [0.25, 0.3) is 10.9 Å². The van der Waals surface area contributed by atoms with E-state index in [0.29, 0.717) is 62.4 Å². The first kappa shape index (κ1) is 25.9. The van der Waals surface area contributed by atoms with Gasteiger partial charge in [-0.25, -0.2) is 8.42 Å². The number of amides is 1. The number of aliphatic hydroxyl groups excluding tert-OH is 1. The average molecular weight is 516 g/mol. The standard InChI is InChI=1S/C25H33N5O5S/c1-30(2)25(32)11-10-22-21-9-6-19(15-23(21)28-27-22)35-13-12-26-16-24(31)17-4-3-5-18(14-17)29-36(33,34)20-7-8-20/h3-6,9,14-15,20,24,26,29,31H,7-8,10-13,16H2,1-2H3,(H,27,28). The van der Waals surface area contributed by atoms with E-state index in [4.69, 9.17) is 4.74 Å². The molecule has 0 aliphatic heterocycles. The van der Waals surface area contributed by atoms with Crippen molar-refractivity contribution in [2.24, 2.45) is 0 Å². The lowest BCUT2D eigenvalue weighted by atomic mass is 10.1. The smallest absolute Gasteiger partial charge is 0.235 e. The van der Waals surface area contributed by atoms with Crippen LogP contribution in [0.5, 0.6) is 5.75 Å². The Morgan fingerprint density at radius 1 is 1.25 bits per heavy atom. The van der Waals surface area contributed by atoms with Crippen LogP contribution in [0.15, 0.2) is 42.5 Å². The Bertz CT molecular complexity index is 1300. The van der Waals surface area contributed by atoms with E-state index < -0.39 is 16.1 Å². The number of hydrogen-bond donors (Lipinski definition) is 4. The zero-order valence-electron chi connectivity index (χ0n) is 20.5. The summed E-state index contributed by atoms with van der Waals surface area (Å²) in [6.07, 6.45) is 1.61. The molecule has 1 amide bonds. The lowest BCUT2D eigenvalue weighted by Gasteiger charge is -2.14. The molecule has 0 bridgehead atoms. The Morgan fingerprint density at radius 3 is 2.81 bits per heavy atom. The molecule has 1 fully saturated rings. The summed E-state index contributed by atoms with van der Waals surface area (Å²) in [6.45, 7) is 1.21. The number of benzene rings is 2. The van der Waals surface area contributed by atoms with Gasteiger partial charge in [-0.1, -0.05) is 12.1 Å². The van der Waals surface area contributed by atoms with Crippen LogP contribution in [0.1, 0.15) is 36.6 Å². The van der Waals surface area contributed by atoms with Crippen LogP contribution in [0.2, 0.25) is 0 Å². The Kier molecular flexibility index (Phi) is 8.12. The summed E-state index contributed by atoms with van der Waals surface area (Å²) in [5.74, 6) is 0.754. The molecule has 4 rings (SSSR count). The van der Waals surface area contributed by atoms with Crippen molar-refractivity contribution in [2.45, 2.75) is 37.0 Å². The fourth-order valence-corrected chi connectivity index (χ4v) is 5.19. The Balaban J connectivity index is 1.21. The Labute approximate surface area is 211 Å². The number of aromatic amines is 1. The minimum atomic E-state index is -3.34. The highest BCUT2D eigenvalue weighted by molar-refractivity contribution is 7.93. The molecular weight excluding hydrogens is 482 g/mol. The van der Waals surface area contributed by atoms with Gasteiger partial charge in [0.25, 0.3) is 0 Å². The number of anilines is 1. The second-order valence-corrected chi connectivity index (χ2v) is 11.2. The highest BCUT2D eigenvalue weighted by atomic mass is 32.2. The van der Waals surface area contributed by atoms with Crippen molar-refractivity contribution in [3.63, 3.8) is 0 Å². The summed E-state index contributed by atoms with van der Waals surface area (Å²) in [6, 6.07) is 12.5. The summed E-state index contributed by atoms with van der Waals surface area (Å²) < 4.78 is 32.7.